The highest BCUT2D eigenvalue weighted by Gasteiger charge is 2.24. The minimum Gasteiger partial charge on any atom is -0.481 e. The van der Waals surface area contributed by atoms with E-state index in [9.17, 15) is 4.79 Å². The van der Waals surface area contributed by atoms with Crippen LogP contribution in [-0.2, 0) is 4.79 Å². The number of carboxylic acid groups (broad SMARTS) is 1. The number of thioether (sulfide) groups is 1. The lowest BCUT2D eigenvalue weighted by molar-refractivity contribution is -0.137. The first-order chi connectivity index (χ1) is 15.1. The van der Waals surface area contributed by atoms with Gasteiger partial charge in [-0.05, 0) is 37.1 Å². The third-order valence-electron chi connectivity index (χ3n) is 5.64. The topological polar surface area (TPSA) is 99.6 Å². The van der Waals surface area contributed by atoms with Crippen molar-refractivity contribution in [1.82, 2.24) is 9.97 Å². The van der Waals surface area contributed by atoms with E-state index in [0.717, 1.165) is 33.1 Å². The molecule has 0 radical (unpaired) electrons. The van der Waals surface area contributed by atoms with Gasteiger partial charge < -0.3 is 20.1 Å². The fourth-order valence-electron chi connectivity index (χ4n) is 4.21. The molecule has 1 atom stereocenters. The molecule has 1 saturated carbocycles. The zero-order valence-corrected chi connectivity index (χ0v) is 17.8. The first-order valence-corrected chi connectivity index (χ1v) is 11.6. The standard InChI is InChI=1S/C23H24N4O3S/c28-21(29)10-16-13-31-23(26-16)20-9-14-8-18(30-17-6-3-7-24-12-17)11-19(22(14)27-20)25-15-4-1-2-5-15/h3,6-9,11-12,15-16,25,27H,1-2,4-5,10,13H2,(H,28,29). The Kier molecular flexibility index (Phi) is 5.55. The van der Waals surface area contributed by atoms with Crippen LogP contribution in [0.15, 0.2) is 47.7 Å². The summed E-state index contributed by atoms with van der Waals surface area (Å²) in [6, 6.07) is 10.1. The van der Waals surface area contributed by atoms with Gasteiger partial charge in [-0.15, -0.1) is 11.8 Å². The van der Waals surface area contributed by atoms with Crippen molar-refractivity contribution in [2.45, 2.75) is 44.2 Å². The van der Waals surface area contributed by atoms with Gasteiger partial charge in [-0.1, -0.05) is 12.8 Å². The first-order valence-electron chi connectivity index (χ1n) is 10.6. The molecule has 3 heterocycles. The lowest BCUT2D eigenvalue weighted by Gasteiger charge is -2.16. The zero-order chi connectivity index (χ0) is 21.2. The highest BCUT2D eigenvalue weighted by molar-refractivity contribution is 8.14. The number of aromatic nitrogens is 2. The molecular formula is C23H24N4O3S. The number of H-pyrrole nitrogens is 1. The molecule has 0 bridgehead atoms. The molecule has 8 heteroatoms. The number of anilines is 1. The van der Waals surface area contributed by atoms with E-state index >= 15 is 0 Å². The smallest absolute Gasteiger partial charge is 0.305 e. The quantitative estimate of drug-likeness (QED) is 0.479. The van der Waals surface area contributed by atoms with Gasteiger partial charge in [0, 0.05) is 29.4 Å². The number of aliphatic imine (C=N–C) groups is 1. The van der Waals surface area contributed by atoms with Crippen LogP contribution in [0.4, 0.5) is 5.69 Å². The van der Waals surface area contributed by atoms with Gasteiger partial charge in [0.1, 0.15) is 16.5 Å². The number of aliphatic carboxylic acids is 1. The van der Waals surface area contributed by atoms with E-state index in [4.69, 9.17) is 9.84 Å². The SMILES string of the molecule is O=C(O)CC1CSC(c2cc3cc(Oc4cccnc4)cc(NC4CCCC4)c3[nH]2)=N1. The predicted octanol–water partition coefficient (Wildman–Crippen LogP) is 5.05. The van der Waals surface area contributed by atoms with Crippen LogP contribution in [-0.4, -0.2) is 43.9 Å². The minimum atomic E-state index is -0.813. The second kappa shape index (κ2) is 8.63. The van der Waals surface area contributed by atoms with Crippen LogP contribution < -0.4 is 10.1 Å². The molecule has 1 aliphatic carbocycles. The van der Waals surface area contributed by atoms with Gasteiger partial charge >= 0.3 is 5.97 Å². The van der Waals surface area contributed by atoms with Gasteiger partial charge in [-0.25, -0.2) is 0 Å². The summed E-state index contributed by atoms with van der Waals surface area (Å²) in [6.45, 7) is 0. The Bertz CT molecular complexity index is 1120. The fourth-order valence-corrected chi connectivity index (χ4v) is 5.24. The Balaban J connectivity index is 1.49. The Hall–Kier alpha value is -3.00. The van der Waals surface area contributed by atoms with Gasteiger partial charge in [0.25, 0.3) is 0 Å². The van der Waals surface area contributed by atoms with Crippen molar-refractivity contribution in [3.8, 4) is 11.5 Å². The maximum Gasteiger partial charge on any atom is 0.305 e. The molecule has 0 amide bonds. The lowest BCUT2D eigenvalue weighted by atomic mass is 10.1. The van der Waals surface area contributed by atoms with Crippen molar-refractivity contribution in [2.24, 2.45) is 4.99 Å². The van der Waals surface area contributed by atoms with Crippen molar-refractivity contribution in [3.05, 3.63) is 48.4 Å². The van der Waals surface area contributed by atoms with Crippen LogP contribution in [0, 0.1) is 0 Å². The number of fused-ring (bicyclic) bond motifs is 1. The highest BCUT2D eigenvalue weighted by atomic mass is 32.2. The summed E-state index contributed by atoms with van der Waals surface area (Å²) in [4.78, 5) is 23.3. The number of pyridine rings is 1. The van der Waals surface area contributed by atoms with Crippen molar-refractivity contribution in [2.75, 3.05) is 11.1 Å². The molecule has 31 heavy (non-hydrogen) atoms. The molecule has 1 aliphatic heterocycles. The molecule has 0 spiro atoms. The van der Waals surface area contributed by atoms with Crippen LogP contribution in [0.5, 0.6) is 11.5 Å². The number of carbonyl (C=O) groups is 1. The van der Waals surface area contributed by atoms with E-state index in [-0.39, 0.29) is 12.5 Å². The summed E-state index contributed by atoms with van der Waals surface area (Å²) >= 11 is 1.60. The van der Waals surface area contributed by atoms with Gasteiger partial charge in [0.2, 0.25) is 0 Å². The first kappa shape index (κ1) is 19.9. The van der Waals surface area contributed by atoms with E-state index in [2.05, 4.69) is 26.3 Å². The van der Waals surface area contributed by atoms with Gasteiger partial charge in [-0.2, -0.15) is 0 Å². The van der Waals surface area contributed by atoms with Gasteiger partial charge in [-0.3, -0.25) is 14.8 Å². The summed E-state index contributed by atoms with van der Waals surface area (Å²) in [5.41, 5.74) is 2.95. The third-order valence-corrected chi connectivity index (χ3v) is 6.79. The average Bonchev–Trinajstić information content (AvgIpc) is 3.49. The Morgan fingerprint density at radius 3 is 2.90 bits per heavy atom. The summed E-state index contributed by atoms with van der Waals surface area (Å²) in [7, 11) is 0. The Labute approximate surface area is 184 Å². The molecule has 1 fully saturated rings. The molecule has 1 aromatic carbocycles. The molecule has 2 aromatic heterocycles. The Morgan fingerprint density at radius 2 is 2.13 bits per heavy atom. The fraction of sp³-hybridized carbons (Fsp3) is 0.348. The summed E-state index contributed by atoms with van der Waals surface area (Å²) in [6.07, 6.45) is 8.32. The van der Waals surface area contributed by atoms with Gasteiger partial charge in [0.15, 0.2) is 0 Å². The molecular weight excluding hydrogens is 412 g/mol. The van der Waals surface area contributed by atoms with E-state index in [0.29, 0.717) is 17.5 Å². The average molecular weight is 437 g/mol. The summed E-state index contributed by atoms with van der Waals surface area (Å²) < 4.78 is 6.07. The maximum absolute atomic E-state index is 11.0. The number of carboxylic acids is 1. The normalized spacial score (nSPS) is 19.0. The Morgan fingerprint density at radius 1 is 1.26 bits per heavy atom. The van der Waals surface area contributed by atoms with E-state index in [1.807, 2.05) is 24.3 Å². The number of ether oxygens (including phenoxy) is 1. The van der Waals surface area contributed by atoms with Crippen LogP contribution >= 0.6 is 11.8 Å². The van der Waals surface area contributed by atoms with Crippen molar-refractivity contribution >= 4 is 39.4 Å². The number of aromatic amines is 1. The largest absolute Gasteiger partial charge is 0.481 e. The summed E-state index contributed by atoms with van der Waals surface area (Å²) in [5.74, 6) is 1.32. The molecule has 5 rings (SSSR count). The maximum atomic E-state index is 11.0. The minimum absolute atomic E-state index is 0.0638. The number of benzene rings is 1. The van der Waals surface area contributed by atoms with Crippen LogP contribution in [0.25, 0.3) is 10.9 Å². The second-order valence-corrected chi connectivity index (χ2v) is 9.04. The van der Waals surface area contributed by atoms with E-state index in [1.54, 1.807) is 24.2 Å². The predicted molar refractivity (Wildman–Crippen MR) is 124 cm³/mol. The number of nitrogens with one attached hydrogen (secondary N) is 2. The molecule has 7 nitrogen and oxygen atoms in total. The van der Waals surface area contributed by atoms with Crippen LogP contribution in [0.2, 0.25) is 0 Å². The second-order valence-electron chi connectivity index (χ2n) is 8.03. The van der Waals surface area contributed by atoms with E-state index < -0.39 is 5.97 Å². The molecule has 3 aromatic rings. The molecule has 160 valence electrons. The third kappa shape index (κ3) is 4.54. The molecule has 0 saturated heterocycles. The van der Waals surface area contributed by atoms with E-state index in [1.165, 1.54) is 25.7 Å². The number of hydrogen-bond donors (Lipinski definition) is 3. The number of nitrogens with zero attached hydrogens (tertiary/aromatic N) is 2. The summed E-state index contributed by atoms with van der Waals surface area (Å²) in [5, 5.41) is 14.6. The van der Waals surface area contributed by atoms with Crippen molar-refractivity contribution < 1.29 is 14.6 Å². The molecule has 1 unspecified atom stereocenters. The molecule has 3 N–H and O–H groups in total. The van der Waals surface area contributed by atoms with Crippen molar-refractivity contribution in [3.63, 3.8) is 0 Å². The van der Waals surface area contributed by atoms with Gasteiger partial charge in [0.05, 0.1) is 35.6 Å². The highest BCUT2D eigenvalue weighted by Crippen LogP contribution is 2.35. The van der Waals surface area contributed by atoms with Crippen LogP contribution in [0.3, 0.4) is 0 Å². The van der Waals surface area contributed by atoms with Crippen molar-refractivity contribution in [1.29, 1.82) is 0 Å². The molecule has 2 aliphatic rings. The monoisotopic (exact) mass is 436 g/mol. The zero-order valence-electron chi connectivity index (χ0n) is 17.0. The lowest BCUT2D eigenvalue weighted by Crippen LogP contribution is -2.14. The number of hydrogen-bond acceptors (Lipinski definition) is 6. The van der Waals surface area contributed by atoms with Crippen LogP contribution in [0.1, 0.15) is 37.8 Å². The number of rotatable bonds is 7.